The third-order valence-corrected chi connectivity index (χ3v) is 6.27. The number of hydrogen-bond acceptors (Lipinski definition) is 7. The van der Waals surface area contributed by atoms with E-state index in [2.05, 4.69) is 26.7 Å². The second kappa shape index (κ2) is 8.36. The summed E-state index contributed by atoms with van der Waals surface area (Å²) < 4.78 is 0. The van der Waals surface area contributed by atoms with Crippen molar-refractivity contribution in [1.29, 1.82) is 0 Å². The minimum absolute atomic E-state index is 0.191. The third kappa shape index (κ3) is 3.88. The highest BCUT2D eigenvalue weighted by molar-refractivity contribution is 6.30. The molecule has 29 heavy (non-hydrogen) atoms. The van der Waals surface area contributed by atoms with Crippen LogP contribution >= 0.6 is 11.6 Å². The fourth-order valence-corrected chi connectivity index (χ4v) is 4.70. The molecular formula is C21H26ClN5O2. The molecule has 2 unspecified atom stereocenters. The maximum Gasteiger partial charge on any atom is 0.138 e. The third-order valence-electron chi connectivity index (χ3n) is 6.02. The van der Waals surface area contributed by atoms with Crippen molar-refractivity contribution in [2.24, 2.45) is 5.73 Å². The second-order valence-electron chi connectivity index (χ2n) is 7.88. The summed E-state index contributed by atoms with van der Waals surface area (Å²) in [5.41, 5.74) is 8.97. The van der Waals surface area contributed by atoms with E-state index in [4.69, 9.17) is 17.3 Å². The lowest BCUT2D eigenvalue weighted by atomic mass is 9.98. The Morgan fingerprint density at radius 1 is 1.21 bits per heavy atom. The summed E-state index contributed by atoms with van der Waals surface area (Å²) in [5.74, 6) is 1.15. The van der Waals surface area contributed by atoms with Crippen LogP contribution in [0.2, 0.25) is 5.02 Å². The normalized spacial score (nSPS) is 24.2. The first-order valence-corrected chi connectivity index (χ1v) is 10.4. The molecule has 4 atom stereocenters. The van der Waals surface area contributed by atoms with Gasteiger partial charge in [0, 0.05) is 36.8 Å². The number of aliphatic hydroxyl groups is 1. The molecule has 0 radical (unpaired) electrons. The number of nitrogens with two attached hydrogens (primary N) is 1. The molecule has 1 aliphatic heterocycles. The van der Waals surface area contributed by atoms with Crippen molar-refractivity contribution in [2.75, 3.05) is 31.1 Å². The van der Waals surface area contributed by atoms with Gasteiger partial charge in [-0.25, -0.2) is 9.97 Å². The first kappa shape index (κ1) is 20.2. The van der Waals surface area contributed by atoms with Gasteiger partial charge in [-0.2, -0.15) is 0 Å². The number of nitrogens with zero attached hydrogens (tertiary/aromatic N) is 4. The van der Waals surface area contributed by atoms with Gasteiger partial charge in [0.2, 0.25) is 0 Å². The number of aldehydes is 1. The SMILES string of the molecule is C[C@@H]1C[C@@H](O)c2ncnc(N3CCN(C(c4ccc(Cl)cc4)C(N)C=O)CC3)c21. The van der Waals surface area contributed by atoms with E-state index < -0.39 is 12.1 Å². The average Bonchev–Trinajstić information content (AvgIpc) is 3.04. The number of carbonyl (C=O) groups is 1. The highest BCUT2D eigenvalue weighted by atomic mass is 35.5. The molecule has 2 aromatic rings. The van der Waals surface area contributed by atoms with Crippen molar-refractivity contribution in [3.8, 4) is 0 Å². The van der Waals surface area contributed by atoms with Crippen LogP contribution in [0.1, 0.15) is 48.2 Å². The summed E-state index contributed by atoms with van der Waals surface area (Å²) >= 11 is 6.02. The molecule has 8 heteroatoms. The second-order valence-corrected chi connectivity index (χ2v) is 8.32. The number of aromatic nitrogens is 2. The van der Waals surface area contributed by atoms with Crippen LogP contribution in [0.4, 0.5) is 5.82 Å². The molecule has 1 aromatic heterocycles. The van der Waals surface area contributed by atoms with Gasteiger partial charge in [0.25, 0.3) is 0 Å². The zero-order valence-electron chi connectivity index (χ0n) is 16.4. The van der Waals surface area contributed by atoms with E-state index in [0.717, 1.165) is 55.1 Å². The molecule has 0 spiro atoms. The van der Waals surface area contributed by atoms with Crippen molar-refractivity contribution >= 4 is 23.7 Å². The van der Waals surface area contributed by atoms with Gasteiger partial charge in [0.1, 0.15) is 18.4 Å². The molecule has 4 rings (SSSR count). The summed E-state index contributed by atoms with van der Waals surface area (Å²) in [6.45, 7) is 5.15. The van der Waals surface area contributed by atoms with Gasteiger partial charge in [-0.15, -0.1) is 0 Å². The molecule has 7 nitrogen and oxygen atoms in total. The molecule has 2 heterocycles. The Morgan fingerprint density at radius 2 is 1.90 bits per heavy atom. The van der Waals surface area contributed by atoms with E-state index in [1.807, 2.05) is 24.3 Å². The maximum atomic E-state index is 11.5. The Balaban J connectivity index is 1.53. The topological polar surface area (TPSA) is 95.6 Å². The molecule has 0 saturated carbocycles. The number of rotatable bonds is 5. The number of aliphatic hydroxyl groups excluding tert-OH is 1. The molecule has 0 bridgehead atoms. The zero-order chi connectivity index (χ0) is 20.5. The summed E-state index contributed by atoms with van der Waals surface area (Å²) in [7, 11) is 0. The molecule has 3 N–H and O–H groups in total. The van der Waals surface area contributed by atoms with Crippen LogP contribution in [0.5, 0.6) is 0 Å². The van der Waals surface area contributed by atoms with Crippen LogP contribution in [0, 0.1) is 0 Å². The van der Waals surface area contributed by atoms with Crippen molar-refractivity contribution < 1.29 is 9.90 Å². The molecule has 1 saturated heterocycles. The Morgan fingerprint density at radius 3 is 2.55 bits per heavy atom. The van der Waals surface area contributed by atoms with E-state index in [0.29, 0.717) is 11.4 Å². The molecule has 2 aliphatic rings. The zero-order valence-corrected chi connectivity index (χ0v) is 17.2. The Labute approximate surface area is 175 Å². The van der Waals surface area contributed by atoms with Gasteiger partial charge < -0.3 is 20.5 Å². The molecular weight excluding hydrogens is 390 g/mol. The lowest BCUT2D eigenvalue weighted by molar-refractivity contribution is -0.110. The number of hydrogen-bond donors (Lipinski definition) is 2. The van der Waals surface area contributed by atoms with E-state index in [1.165, 1.54) is 0 Å². The number of fused-ring (bicyclic) bond motifs is 1. The summed E-state index contributed by atoms with van der Waals surface area (Å²) in [4.78, 5) is 24.8. The van der Waals surface area contributed by atoms with Crippen LogP contribution in [0.15, 0.2) is 30.6 Å². The van der Waals surface area contributed by atoms with Crippen LogP contribution in [-0.4, -0.2) is 58.5 Å². The van der Waals surface area contributed by atoms with Crippen LogP contribution < -0.4 is 10.6 Å². The fourth-order valence-electron chi connectivity index (χ4n) is 4.58. The molecule has 154 valence electrons. The Hall–Kier alpha value is -2.06. The number of halogens is 1. The smallest absolute Gasteiger partial charge is 0.138 e. The number of carbonyl (C=O) groups excluding carboxylic acids is 1. The standard InChI is InChI=1S/C21H26ClN5O2/c1-13-10-17(29)19-18(13)21(25-12-24-19)27-8-6-26(7-9-27)20(16(23)11-28)14-2-4-15(22)5-3-14/h2-5,11-13,16-17,20,29H,6-10,23H2,1H3/t13-,16?,17-,20?/m1/s1. The summed E-state index contributed by atoms with van der Waals surface area (Å²) in [5, 5.41) is 10.9. The largest absolute Gasteiger partial charge is 0.387 e. The number of piperazine rings is 1. The van der Waals surface area contributed by atoms with Crippen LogP contribution in [-0.2, 0) is 4.79 Å². The first-order chi connectivity index (χ1) is 14.0. The van der Waals surface area contributed by atoms with Crippen LogP contribution in [0.25, 0.3) is 0 Å². The minimum atomic E-state index is -0.610. The highest BCUT2D eigenvalue weighted by Crippen LogP contribution is 2.43. The van der Waals surface area contributed by atoms with E-state index in [-0.39, 0.29) is 12.0 Å². The van der Waals surface area contributed by atoms with E-state index >= 15 is 0 Å². The van der Waals surface area contributed by atoms with Gasteiger partial charge in [0.15, 0.2) is 0 Å². The van der Waals surface area contributed by atoms with E-state index in [9.17, 15) is 9.90 Å². The number of anilines is 1. The fraction of sp³-hybridized carbons (Fsp3) is 0.476. The lowest BCUT2D eigenvalue weighted by Gasteiger charge is -2.41. The van der Waals surface area contributed by atoms with Crippen molar-refractivity contribution in [3.05, 3.63) is 52.4 Å². The van der Waals surface area contributed by atoms with Crippen LogP contribution in [0.3, 0.4) is 0 Å². The molecule has 1 aromatic carbocycles. The van der Waals surface area contributed by atoms with Gasteiger partial charge in [-0.3, -0.25) is 4.90 Å². The van der Waals surface area contributed by atoms with Crippen molar-refractivity contribution in [1.82, 2.24) is 14.9 Å². The summed E-state index contributed by atoms with van der Waals surface area (Å²) in [6.07, 6.45) is 2.53. The molecule has 1 aliphatic carbocycles. The molecule has 0 amide bonds. The van der Waals surface area contributed by atoms with E-state index in [1.54, 1.807) is 6.33 Å². The predicted molar refractivity (Wildman–Crippen MR) is 112 cm³/mol. The van der Waals surface area contributed by atoms with Crippen molar-refractivity contribution in [2.45, 2.75) is 37.5 Å². The summed E-state index contributed by atoms with van der Waals surface area (Å²) in [6, 6.07) is 6.72. The van der Waals surface area contributed by atoms with Gasteiger partial charge in [0.05, 0.1) is 23.9 Å². The van der Waals surface area contributed by atoms with Gasteiger partial charge in [-0.05, 0) is 30.0 Å². The monoisotopic (exact) mass is 415 g/mol. The highest BCUT2D eigenvalue weighted by Gasteiger charge is 2.35. The maximum absolute atomic E-state index is 11.5. The quantitative estimate of drug-likeness (QED) is 0.721. The first-order valence-electron chi connectivity index (χ1n) is 9.97. The molecule has 1 fully saturated rings. The van der Waals surface area contributed by atoms with Gasteiger partial charge in [-0.1, -0.05) is 30.7 Å². The Kier molecular flexibility index (Phi) is 5.83. The van der Waals surface area contributed by atoms with Gasteiger partial charge >= 0.3 is 0 Å². The predicted octanol–water partition coefficient (Wildman–Crippen LogP) is 2.06. The number of benzene rings is 1. The Bertz CT molecular complexity index is 870. The lowest BCUT2D eigenvalue weighted by Crippen LogP contribution is -2.52. The average molecular weight is 416 g/mol. The van der Waals surface area contributed by atoms with Crippen molar-refractivity contribution in [3.63, 3.8) is 0 Å². The minimum Gasteiger partial charge on any atom is -0.387 e.